The minimum absolute atomic E-state index is 0.0102. The van der Waals surface area contributed by atoms with Crippen molar-refractivity contribution < 1.29 is 18.3 Å². The van der Waals surface area contributed by atoms with Crippen LogP contribution in [0.3, 0.4) is 0 Å². The van der Waals surface area contributed by atoms with Gasteiger partial charge in [0.2, 0.25) is 5.82 Å². The summed E-state index contributed by atoms with van der Waals surface area (Å²) in [4.78, 5) is 27.6. The molecule has 252 valence electrons. The number of rotatable bonds is 5. The number of nitrogens with one attached hydrogen (secondary N) is 1. The number of hydrogen-bond donors (Lipinski definition) is 1. The summed E-state index contributed by atoms with van der Waals surface area (Å²) in [6, 6.07) is 8.28. The fraction of sp³-hybridized carbons (Fsp3) is 0.432. The van der Waals surface area contributed by atoms with Crippen LogP contribution >= 0.6 is 0 Å². The number of carbonyl (C=O) groups is 1. The maximum atomic E-state index is 16.9. The normalized spacial score (nSPS) is 22.1. The molecule has 0 aliphatic carbocycles. The van der Waals surface area contributed by atoms with Crippen LogP contribution in [-0.2, 0) is 4.74 Å². The second-order valence-electron chi connectivity index (χ2n) is 13.1. The molecule has 0 saturated carbocycles. The zero-order valence-corrected chi connectivity index (χ0v) is 27.9. The summed E-state index contributed by atoms with van der Waals surface area (Å²) in [6.07, 6.45) is 9.68. The van der Waals surface area contributed by atoms with E-state index in [-0.39, 0.29) is 46.3 Å². The first-order valence-electron chi connectivity index (χ1n) is 16.8. The molecule has 4 aromatic rings. The molecule has 2 aromatic carbocycles. The number of benzene rings is 2. The van der Waals surface area contributed by atoms with Gasteiger partial charge in [-0.15, -0.1) is 16.6 Å². The first-order valence-corrected chi connectivity index (χ1v) is 16.8. The summed E-state index contributed by atoms with van der Waals surface area (Å²) in [5.41, 5.74) is 0.0908. The first-order chi connectivity index (χ1) is 23.7. The van der Waals surface area contributed by atoms with Crippen molar-refractivity contribution >= 4 is 33.7 Å². The van der Waals surface area contributed by atoms with E-state index in [2.05, 4.69) is 55.0 Å². The molecular formula is C37H38F2N8O2. The SMILES string of the molecule is C#Cc1c(F)ccc2cccc(-c3nnc4c(N5CCNC[C@@H]5CC)nc(C#C[C@]56CCCN5[C@@H](COC(=O)N(C)C)CC6)nc4c3F)c12. The second-order valence-corrected chi connectivity index (χ2v) is 13.1. The maximum Gasteiger partial charge on any atom is 0.409 e. The molecule has 3 aliphatic rings. The number of nitrogens with zero attached hydrogens (tertiary/aromatic N) is 7. The largest absolute Gasteiger partial charge is 0.448 e. The lowest BCUT2D eigenvalue weighted by Gasteiger charge is -2.36. The molecule has 0 spiro atoms. The summed E-state index contributed by atoms with van der Waals surface area (Å²) >= 11 is 0. The minimum atomic E-state index is -0.705. The number of amides is 1. The summed E-state index contributed by atoms with van der Waals surface area (Å²) in [7, 11) is 3.33. The summed E-state index contributed by atoms with van der Waals surface area (Å²) in [5.74, 6) is 8.54. The van der Waals surface area contributed by atoms with Gasteiger partial charge in [-0.2, -0.15) is 0 Å². The summed E-state index contributed by atoms with van der Waals surface area (Å²) in [5, 5.41) is 13.3. The van der Waals surface area contributed by atoms with E-state index in [4.69, 9.17) is 16.1 Å². The Morgan fingerprint density at radius 1 is 1.12 bits per heavy atom. The van der Waals surface area contributed by atoms with Gasteiger partial charge in [-0.25, -0.2) is 23.5 Å². The predicted molar refractivity (Wildman–Crippen MR) is 184 cm³/mol. The molecule has 12 heteroatoms. The van der Waals surface area contributed by atoms with Gasteiger partial charge in [0.05, 0.1) is 11.1 Å². The van der Waals surface area contributed by atoms with Crippen molar-refractivity contribution in [1.82, 2.24) is 35.3 Å². The van der Waals surface area contributed by atoms with Crippen molar-refractivity contribution in [1.29, 1.82) is 0 Å². The van der Waals surface area contributed by atoms with Crippen molar-refractivity contribution in [2.24, 2.45) is 0 Å². The van der Waals surface area contributed by atoms with E-state index in [0.29, 0.717) is 35.3 Å². The number of aromatic nitrogens is 4. The lowest BCUT2D eigenvalue weighted by molar-refractivity contribution is 0.0794. The van der Waals surface area contributed by atoms with Crippen molar-refractivity contribution in [2.75, 3.05) is 51.8 Å². The Morgan fingerprint density at radius 2 is 1.98 bits per heavy atom. The lowest BCUT2D eigenvalue weighted by atomic mass is 9.95. The first kappa shape index (κ1) is 32.6. The van der Waals surface area contributed by atoms with E-state index in [0.717, 1.165) is 51.7 Å². The van der Waals surface area contributed by atoms with Crippen LogP contribution in [0, 0.1) is 35.8 Å². The molecule has 2 aromatic heterocycles. The number of fused-ring (bicyclic) bond motifs is 3. The van der Waals surface area contributed by atoms with E-state index in [9.17, 15) is 9.18 Å². The highest BCUT2D eigenvalue weighted by Gasteiger charge is 2.48. The van der Waals surface area contributed by atoms with Crippen LogP contribution in [0.5, 0.6) is 0 Å². The number of ether oxygens (including phenoxy) is 1. The van der Waals surface area contributed by atoms with Gasteiger partial charge >= 0.3 is 6.09 Å². The monoisotopic (exact) mass is 664 g/mol. The molecule has 3 fully saturated rings. The third-order valence-corrected chi connectivity index (χ3v) is 10.1. The van der Waals surface area contributed by atoms with E-state index in [1.165, 1.54) is 11.0 Å². The standard InChI is InChI=1S/C37H38F2N8O2/c1-5-24-21-40-18-20-46(24)35-34-33(31(39)32(43-44-34)27-10-7-9-23-11-12-28(38)26(6-2)30(23)27)41-29(42-35)14-17-37-15-8-19-47(37)25(13-16-37)22-49-36(48)45(3)4/h2,7,9-12,24-25,40H,5,8,13,15-16,18-22H2,1,3-4H3/t24-,25+,37+/m0/s1. The number of halogens is 2. The molecule has 1 N–H and O–H groups in total. The molecule has 3 atom stereocenters. The Hall–Kier alpha value is -4.91. The van der Waals surface area contributed by atoms with E-state index in [1.807, 2.05) is 0 Å². The van der Waals surface area contributed by atoms with Gasteiger partial charge < -0.3 is 19.9 Å². The zero-order chi connectivity index (χ0) is 34.3. The topological polar surface area (TPSA) is 99.6 Å². The molecule has 0 bridgehead atoms. The highest BCUT2D eigenvalue weighted by molar-refractivity contribution is 6.01. The quantitative estimate of drug-likeness (QED) is 0.304. The highest BCUT2D eigenvalue weighted by atomic mass is 19.1. The van der Waals surface area contributed by atoms with Gasteiger partial charge in [0.25, 0.3) is 0 Å². The lowest BCUT2D eigenvalue weighted by Crippen LogP contribution is -2.51. The Bertz CT molecular complexity index is 2050. The van der Waals surface area contributed by atoms with Gasteiger partial charge in [0, 0.05) is 63.3 Å². The third-order valence-electron chi connectivity index (χ3n) is 10.1. The highest BCUT2D eigenvalue weighted by Crippen LogP contribution is 2.42. The molecule has 3 saturated heterocycles. The Morgan fingerprint density at radius 3 is 2.78 bits per heavy atom. The molecule has 1 amide bonds. The van der Waals surface area contributed by atoms with Gasteiger partial charge in [-0.3, -0.25) is 4.90 Å². The number of anilines is 1. The van der Waals surface area contributed by atoms with Crippen LogP contribution in [0.4, 0.5) is 19.4 Å². The summed E-state index contributed by atoms with van der Waals surface area (Å²) in [6.45, 7) is 5.35. The third kappa shape index (κ3) is 5.79. The Labute approximate surface area is 284 Å². The van der Waals surface area contributed by atoms with Crippen LogP contribution < -0.4 is 10.2 Å². The second kappa shape index (κ2) is 13.2. The van der Waals surface area contributed by atoms with E-state index in [1.54, 1.807) is 38.4 Å². The molecule has 10 nitrogen and oxygen atoms in total. The van der Waals surface area contributed by atoms with Crippen LogP contribution in [-0.4, -0.2) is 101 Å². The van der Waals surface area contributed by atoms with Crippen molar-refractivity contribution in [2.45, 2.75) is 56.7 Å². The van der Waals surface area contributed by atoms with Gasteiger partial charge in [0.15, 0.2) is 17.2 Å². The van der Waals surface area contributed by atoms with Crippen LogP contribution in [0.15, 0.2) is 30.3 Å². The van der Waals surface area contributed by atoms with E-state index < -0.39 is 17.2 Å². The number of hydrogen-bond acceptors (Lipinski definition) is 9. The molecule has 5 heterocycles. The van der Waals surface area contributed by atoms with Crippen LogP contribution in [0.1, 0.15) is 50.4 Å². The maximum absolute atomic E-state index is 16.9. The zero-order valence-electron chi connectivity index (χ0n) is 27.9. The number of piperazine rings is 1. The van der Waals surface area contributed by atoms with Gasteiger partial charge in [-0.05, 0) is 49.5 Å². The Kier molecular flexibility index (Phi) is 8.78. The van der Waals surface area contributed by atoms with Gasteiger partial charge in [0.1, 0.15) is 23.6 Å². The van der Waals surface area contributed by atoms with E-state index >= 15 is 4.39 Å². The predicted octanol–water partition coefficient (Wildman–Crippen LogP) is 4.73. The number of terminal acetylenes is 1. The molecule has 7 rings (SSSR count). The van der Waals surface area contributed by atoms with Crippen LogP contribution in [0.2, 0.25) is 0 Å². The van der Waals surface area contributed by atoms with Gasteiger partial charge in [-0.1, -0.05) is 43.0 Å². The fourth-order valence-electron chi connectivity index (χ4n) is 7.57. The molecule has 0 radical (unpaired) electrons. The smallest absolute Gasteiger partial charge is 0.409 e. The van der Waals surface area contributed by atoms with Crippen molar-refractivity contribution in [3.05, 3.63) is 53.4 Å². The number of carbonyl (C=O) groups excluding carboxylic acids is 1. The van der Waals surface area contributed by atoms with Crippen LogP contribution in [0.25, 0.3) is 33.1 Å². The van der Waals surface area contributed by atoms with Crippen molar-refractivity contribution in [3.8, 4) is 35.4 Å². The minimum Gasteiger partial charge on any atom is -0.448 e. The molecule has 3 aliphatic heterocycles. The molecule has 0 unspecified atom stereocenters. The average Bonchev–Trinajstić information content (AvgIpc) is 3.69. The summed E-state index contributed by atoms with van der Waals surface area (Å²) < 4.78 is 37.3. The average molecular weight is 665 g/mol. The molecular weight excluding hydrogens is 626 g/mol. The van der Waals surface area contributed by atoms with Crippen molar-refractivity contribution in [3.63, 3.8) is 0 Å². The fourth-order valence-corrected chi connectivity index (χ4v) is 7.57. The Balaban J connectivity index is 1.35. The molecule has 49 heavy (non-hydrogen) atoms.